The molecule has 0 radical (unpaired) electrons. The van der Waals surface area contributed by atoms with E-state index in [1.165, 1.54) is 0 Å². The van der Waals surface area contributed by atoms with Gasteiger partial charge in [-0.25, -0.2) is 0 Å². The SMILES string of the molecule is NC(=O)c1oc2cc(Cl)ccc2c1NC(=O)c1ccc(CN2CCC3(CC2)OCCO3)o1. The van der Waals surface area contributed by atoms with Crippen LogP contribution < -0.4 is 11.1 Å². The average molecular weight is 460 g/mol. The van der Waals surface area contributed by atoms with Crippen molar-refractivity contribution in [1.29, 1.82) is 0 Å². The van der Waals surface area contributed by atoms with Gasteiger partial charge in [-0.05, 0) is 24.3 Å². The van der Waals surface area contributed by atoms with Gasteiger partial charge in [0.25, 0.3) is 11.8 Å². The molecule has 1 spiro atoms. The second kappa shape index (κ2) is 8.25. The number of likely N-dealkylation sites (tertiary alicyclic amines) is 1. The number of hydrogen-bond donors (Lipinski definition) is 2. The summed E-state index contributed by atoms with van der Waals surface area (Å²) in [5.74, 6) is -1.11. The van der Waals surface area contributed by atoms with Crippen LogP contribution in [-0.2, 0) is 16.0 Å². The number of nitrogens with one attached hydrogen (secondary N) is 1. The van der Waals surface area contributed by atoms with E-state index < -0.39 is 17.6 Å². The Morgan fingerprint density at radius 1 is 1.09 bits per heavy atom. The van der Waals surface area contributed by atoms with Crippen LogP contribution in [0.25, 0.3) is 11.0 Å². The summed E-state index contributed by atoms with van der Waals surface area (Å²) in [6.07, 6.45) is 1.60. The smallest absolute Gasteiger partial charge is 0.291 e. The summed E-state index contributed by atoms with van der Waals surface area (Å²) in [7, 11) is 0. The Hall–Kier alpha value is -2.85. The van der Waals surface area contributed by atoms with Crippen molar-refractivity contribution in [2.45, 2.75) is 25.2 Å². The Kier molecular flexibility index (Phi) is 5.42. The maximum Gasteiger partial charge on any atom is 0.291 e. The van der Waals surface area contributed by atoms with Crippen LogP contribution in [0, 0.1) is 0 Å². The highest BCUT2D eigenvalue weighted by Gasteiger charge is 2.39. The van der Waals surface area contributed by atoms with E-state index in [0.717, 1.165) is 25.9 Å². The monoisotopic (exact) mass is 459 g/mol. The van der Waals surface area contributed by atoms with Crippen molar-refractivity contribution in [3.8, 4) is 0 Å². The minimum atomic E-state index is -0.800. The van der Waals surface area contributed by atoms with Gasteiger partial charge in [0, 0.05) is 42.4 Å². The van der Waals surface area contributed by atoms with Gasteiger partial charge in [0.2, 0.25) is 5.76 Å². The Labute approximate surface area is 188 Å². The molecule has 3 aromatic rings. The van der Waals surface area contributed by atoms with Crippen molar-refractivity contribution in [2.75, 3.05) is 31.6 Å². The lowest BCUT2D eigenvalue weighted by molar-refractivity contribution is -0.186. The Balaban J connectivity index is 1.27. The van der Waals surface area contributed by atoms with Crippen LogP contribution in [0.4, 0.5) is 5.69 Å². The molecule has 3 N–H and O–H groups in total. The first-order valence-corrected chi connectivity index (χ1v) is 10.7. The van der Waals surface area contributed by atoms with E-state index in [1.54, 1.807) is 30.3 Å². The highest BCUT2D eigenvalue weighted by Crippen LogP contribution is 2.34. The summed E-state index contributed by atoms with van der Waals surface area (Å²) in [4.78, 5) is 26.8. The van der Waals surface area contributed by atoms with Gasteiger partial charge in [-0.2, -0.15) is 0 Å². The molecule has 0 bridgehead atoms. The Bertz CT molecular complexity index is 1170. The number of fused-ring (bicyclic) bond motifs is 1. The molecule has 2 aliphatic heterocycles. The highest BCUT2D eigenvalue weighted by molar-refractivity contribution is 6.31. The van der Waals surface area contributed by atoms with Crippen LogP contribution in [-0.4, -0.2) is 48.8 Å². The van der Waals surface area contributed by atoms with Gasteiger partial charge in [0.1, 0.15) is 17.0 Å². The van der Waals surface area contributed by atoms with E-state index in [0.29, 0.717) is 41.5 Å². The van der Waals surface area contributed by atoms with Gasteiger partial charge in [-0.3, -0.25) is 14.5 Å². The van der Waals surface area contributed by atoms with Crippen LogP contribution in [0.15, 0.2) is 39.2 Å². The molecule has 2 saturated heterocycles. The highest BCUT2D eigenvalue weighted by atomic mass is 35.5. The molecule has 2 aliphatic rings. The molecule has 5 rings (SSSR count). The summed E-state index contributed by atoms with van der Waals surface area (Å²) in [6.45, 7) is 3.49. The zero-order valence-electron chi connectivity index (χ0n) is 17.2. The number of carbonyl (C=O) groups excluding carboxylic acids is 2. The van der Waals surface area contributed by atoms with E-state index in [-0.39, 0.29) is 17.2 Å². The number of carbonyl (C=O) groups is 2. The number of anilines is 1. The molecule has 168 valence electrons. The van der Waals surface area contributed by atoms with Gasteiger partial charge in [0.15, 0.2) is 11.5 Å². The number of furan rings is 2. The number of primary amides is 1. The molecule has 0 saturated carbocycles. The van der Waals surface area contributed by atoms with Crippen molar-refractivity contribution in [1.82, 2.24) is 4.90 Å². The van der Waals surface area contributed by atoms with E-state index in [9.17, 15) is 9.59 Å². The van der Waals surface area contributed by atoms with Gasteiger partial charge in [-0.1, -0.05) is 11.6 Å². The normalized spacial score (nSPS) is 18.4. The molecule has 0 unspecified atom stereocenters. The number of piperidine rings is 1. The summed E-state index contributed by atoms with van der Waals surface area (Å²) in [6, 6.07) is 8.20. The van der Waals surface area contributed by atoms with Crippen molar-refractivity contribution >= 4 is 40.1 Å². The first kappa shape index (κ1) is 21.0. The summed E-state index contributed by atoms with van der Waals surface area (Å²) < 4.78 is 22.8. The number of benzene rings is 1. The van der Waals surface area contributed by atoms with Crippen LogP contribution in [0.3, 0.4) is 0 Å². The second-order valence-corrected chi connectivity index (χ2v) is 8.35. The number of hydrogen-bond acceptors (Lipinski definition) is 7. The molecule has 0 atom stereocenters. The fraction of sp³-hybridized carbons (Fsp3) is 0.364. The first-order chi connectivity index (χ1) is 15.4. The predicted molar refractivity (Wildman–Crippen MR) is 116 cm³/mol. The Morgan fingerprint density at radius 2 is 1.84 bits per heavy atom. The maximum absolute atomic E-state index is 12.8. The molecule has 1 aromatic carbocycles. The quantitative estimate of drug-likeness (QED) is 0.600. The van der Waals surface area contributed by atoms with Crippen molar-refractivity contribution < 1.29 is 27.9 Å². The lowest BCUT2D eigenvalue weighted by atomic mass is 10.0. The summed E-state index contributed by atoms with van der Waals surface area (Å²) in [5.41, 5.74) is 5.95. The molecule has 32 heavy (non-hydrogen) atoms. The topological polar surface area (TPSA) is 120 Å². The zero-order chi connectivity index (χ0) is 22.3. The molecule has 4 heterocycles. The van der Waals surface area contributed by atoms with E-state index in [4.69, 9.17) is 35.6 Å². The molecule has 0 aliphatic carbocycles. The molecular weight excluding hydrogens is 438 g/mol. The summed E-state index contributed by atoms with van der Waals surface area (Å²) in [5, 5.41) is 3.63. The van der Waals surface area contributed by atoms with Crippen LogP contribution in [0.1, 0.15) is 39.7 Å². The van der Waals surface area contributed by atoms with E-state index >= 15 is 0 Å². The second-order valence-electron chi connectivity index (χ2n) is 7.91. The third kappa shape index (κ3) is 4.00. The minimum absolute atomic E-state index is 0.120. The fourth-order valence-corrected chi connectivity index (χ4v) is 4.35. The van der Waals surface area contributed by atoms with Crippen LogP contribution in [0.2, 0.25) is 5.02 Å². The molecule has 2 fully saturated rings. The van der Waals surface area contributed by atoms with Gasteiger partial charge >= 0.3 is 0 Å². The fourth-order valence-electron chi connectivity index (χ4n) is 4.19. The van der Waals surface area contributed by atoms with Crippen molar-refractivity contribution in [3.63, 3.8) is 0 Å². The third-order valence-electron chi connectivity index (χ3n) is 5.81. The van der Waals surface area contributed by atoms with E-state index in [2.05, 4.69) is 10.2 Å². The third-order valence-corrected chi connectivity index (χ3v) is 6.05. The molecule has 10 heteroatoms. The number of rotatable bonds is 5. The lowest BCUT2D eigenvalue weighted by Crippen LogP contribution is -2.44. The van der Waals surface area contributed by atoms with Crippen molar-refractivity contribution in [2.24, 2.45) is 5.73 Å². The number of nitrogens with two attached hydrogens (primary N) is 1. The zero-order valence-corrected chi connectivity index (χ0v) is 17.9. The number of nitrogens with zero attached hydrogens (tertiary/aromatic N) is 1. The summed E-state index contributed by atoms with van der Waals surface area (Å²) >= 11 is 5.98. The standard InChI is InChI=1S/C22H22ClN3O6/c23-13-1-3-15-17(11-13)32-19(20(24)27)18(15)25-21(28)16-4-2-14(31-16)12-26-7-5-22(6-8-26)29-9-10-30-22/h1-4,11H,5-10,12H2,(H2,24,27)(H,25,28). The largest absolute Gasteiger partial charge is 0.455 e. The molecular formula is C22H22ClN3O6. The van der Waals surface area contributed by atoms with Crippen LogP contribution in [0.5, 0.6) is 0 Å². The lowest BCUT2D eigenvalue weighted by Gasteiger charge is -2.37. The molecule has 9 nitrogen and oxygen atoms in total. The molecule has 2 amide bonds. The number of amides is 2. The first-order valence-electron chi connectivity index (χ1n) is 10.3. The van der Waals surface area contributed by atoms with Gasteiger partial charge in [0.05, 0.1) is 19.8 Å². The Morgan fingerprint density at radius 3 is 2.56 bits per heavy atom. The van der Waals surface area contributed by atoms with Gasteiger partial charge < -0.3 is 29.4 Å². The number of ether oxygens (including phenoxy) is 2. The predicted octanol–water partition coefficient (Wildman–Crippen LogP) is 3.37. The van der Waals surface area contributed by atoms with Gasteiger partial charge in [-0.15, -0.1) is 0 Å². The average Bonchev–Trinajstić information content (AvgIpc) is 3.49. The minimum Gasteiger partial charge on any atom is -0.455 e. The number of halogens is 1. The van der Waals surface area contributed by atoms with E-state index in [1.807, 2.05) is 0 Å². The van der Waals surface area contributed by atoms with Crippen LogP contribution >= 0.6 is 11.6 Å². The maximum atomic E-state index is 12.8. The molecule has 2 aromatic heterocycles. The van der Waals surface area contributed by atoms with Crippen molar-refractivity contribution in [3.05, 3.63) is 52.6 Å².